The quantitative estimate of drug-likeness (QED) is 0.213. The Morgan fingerprint density at radius 1 is 1.10 bits per heavy atom. The van der Waals surface area contributed by atoms with Crippen LogP contribution in [0.5, 0.6) is 11.5 Å². The van der Waals surface area contributed by atoms with E-state index in [9.17, 15) is 14.4 Å². The number of hydrogen-bond acceptors (Lipinski definition) is 7. The molecule has 0 radical (unpaired) electrons. The largest absolute Gasteiger partial charge is 0.482 e. The van der Waals surface area contributed by atoms with Gasteiger partial charge in [0.25, 0.3) is 5.91 Å². The third-order valence-electron chi connectivity index (χ3n) is 4.15. The van der Waals surface area contributed by atoms with Gasteiger partial charge in [-0.25, -0.2) is 9.59 Å². The molecule has 0 unspecified atom stereocenters. The third kappa shape index (κ3) is 6.40. The van der Waals surface area contributed by atoms with Gasteiger partial charge in [-0.2, -0.15) is 0 Å². The molecule has 0 atom stereocenters. The lowest BCUT2D eigenvalue weighted by atomic mass is 10.1. The highest BCUT2D eigenvalue weighted by Gasteiger charge is 2.14. The summed E-state index contributed by atoms with van der Waals surface area (Å²) in [7, 11) is 1.57. The van der Waals surface area contributed by atoms with Gasteiger partial charge in [0, 0.05) is 36.2 Å². The van der Waals surface area contributed by atoms with Gasteiger partial charge in [0.15, 0.2) is 6.61 Å². The smallest absolute Gasteiger partial charge is 0.349 e. The first-order chi connectivity index (χ1) is 15.0. The Hall–Kier alpha value is -3.17. The fourth-order valence-electron chi connectivity index (χ4n) is 2.69. The van der Waals surface area contributed by atoms with Gasteiger partial charge in [-0.05, 0) is 42.8 Å². The molecule has 0 aliphatic heterocycles. The molecule has 31 heavy (non-hydrogen) atoms. The number of rotatable bonds is 9. The van der Waals surface area contributed by atoms with Crippen molar-refractivity contribution in [1.82, 2.24) is 5.32 Å². The van der Waals surface area contributed by atoms with Crippen molar-refractivity contribution in [3.8, 4) is 11.5 Å². The number of methoxy groups -OCH3 is 1. The molecule has 0 spiro atoms. The fourth-order valence-corrected chi connectivity index (χ4v) is 3.07. The van der Waals surface area contributed by atoms with Gasteiger partial charge >= 0.3 is 11.6 Å². The average Bonchev–Trinajstić information content (AvgIpc) is 2.74. The molecule has 2 aromatic carbocycles. The Balaban J connectivity index is 1.65. The van der Waals surface area contributed by atoms with Crippen LogP contribution in [0, 0.1) is 0 Å². The number of halogens is 1. The minimum atomic E-state index is -0.779. The van der Waals surface area contributed by atoms with E-state index in [1.807, 2.05) is 6.07 Å². The van der Waals surface area contributed by atoms with Crippen LogP contribution < -0.4 is 20.4 Å². The molecule has 0 saturated carbocycles. The maximum absolute atomic E-state index is 12.2. The molecule has 1 amide bonds. The number of nitrogens with one attached hydrogen (secondary N) is 1. The predicted molar refractivity (Wildman–Crippen MR) is 117 cm³/mol. The molecule has 0 bridgehead atoms. The van der Waals surface area contributed by atoms with Crippen LogP contribution in [-0.2, 0) is 9.53 Å². The second-order valence-electron chi connectivity index (χ2n) is 6.47. The van der Waals surface area contributed by atoms with Gasteiger partial charge in [-0.15, -0.1) is 0 Å². The number of hydrogen-bond donors (Lipinski definition) is 1. The molecule has 0 aliphatic rings. The maximum Gasteiger partial charge on any atom is 0.349 e. The molecule has 3 aromatic rings. The standard InChI is InChI=1S/C22H20BrNO7/c1-28-9-3-8-24-21(26)18-10-14-6-7-17(12-19(14)31-22(18)27)30-20(25)13-29-16-5-2-4-15(23)11-16/h2,4-7,10-12H,3,8-9,13H2,1H3,(H,24,26). The van der Waals surface area contributed by atoms with E-state index in [2.05, 4.69) is 21.2 Å². The first-order valence-electron chi connectivity index (χ1n) is 9.40. The molecule has 0 saturated heterocycles. The fraction of sp³-hybridized carbons (Fsp3) is 0.227. The Labute approximate surface area is 186 Å². The molecule has 1 aromatic heterocycles. The van der Waals surface area contributed by atoms with Crippen molar-refractivity contribution in [2.75, 3.05) is 26.9 Å². The predicted octanol–water partition coefficient (Wildman–Crippen LogP) is 3.31. The van der Waals surface area contributed by atoms with Crippen LogP contribution in [0.15, 0.2) is 62.2 Å². The summed E-state index contributed by atoms with van der Waals surface area (Å²) in [5, 5.41) is 3.16. The molecule has 1 heterocycles. The molecule has 0 fully saturated rings. The molecule has 9 heteroatoms. The lowest BCUT2D eigenvalue weighted by molar-refractivity contribution is -0.136. The second-order valence-corrected chi connectivity index (χ2v) is 7.39. The zero-order chi connectivity index (χ0) is 22.2. The van der Waals surface area contributed by atoms with E-state index < -0.39 is 17.5 Å². The summed E-state index contributed by atoms with van der Waals surface area (Å²) >= 11 is 3.32. The van der Waals surface area contributed by atoms with E-state index in [1.165, 1.54) is 12.1 Å². The molecule has 0 aliphatic carbocycles. The summed E-state index contributed by atoms with van der Waals surface area (Å²) in [5.74, 6) is -0.431. The number of carbonyl (C=O) groups is 2. The summed E-state index contributed by atoms with van der Waals surface area (Å²) in [6, 6.07) is 13.0. The van der Waals surface area contributed by atoms with Crippen LogP contribution in [0.2, 0.25) is 0 Å². The first-order valence-corrected chi connectivity index (χ1v) is 10.2. The van der Waals surface area contributed by atoms with E-state index in [0.29, 0.717) is 30.7 Å². The minimum absolute atomic E-state index is 0.0999. The van der Waals surface area contributed by atoms with Gasteiger partial charge in [0.1, 0.15) is 22.6 Å². The number of fused-ring (bicyclic) bond motifs is 1. The highest BCUT2D eigenvalue weighted by Crippen LogP contribution is 2.21. The van der Waals surface area contributed by atoms with Crippen LogP contribution in [0.4, 0.5) is 0 Å². The van der Waals surface area contributed by atoms with Gasteiger partial charge in [-0.3, -0.25) is 4.79 Å². The average molecular weight is 490 g/mol. The number of esters is 1. The van der Waals surface area contributed by atoms with E-state index >= 15 is 0 Å². The highest BCUT2D eigenvalue weighted by atomic mass is 79.9. The molecular formula is C22H20BrNO7. The Morgan fingerprint density at radius 3 is 2.71 bits per heavy atom. The van der Waals surface area contributed by atoms with E-state index in [0.717, 1.165) is 4.47 Å². The van der Waals surface area contributed by atoms with Crippen LogP contribution in [-0.4, -0.2) is 38.7 Å². The van der Waals surface area contributed by atoms with E-state index in [1.54, 1.807) is 37.4 Å². The SMILES string of the molecule is COCCCNC(=O)c1cc2ccc(OC(=O)COc3cccc(Br)c3)cc2oc1=O. The Kier molecular flexibility index (Phi) is 7.80. The first kappa shape index (κ1) is 22.5. The van der Waals surface area contributed by atoms with E-state index in [-0.39, 0.29) is 23.5 Å². The summed E-state index contributed by atoms with van der Waals surface area (Å²) in [5.41, 5.74) is -0.686. The van der Waals surface area contributed by atoms with Gasteiger partial charge in [0.05, 0.1) is 0 Å². The second kappa shape index (κ2) is 10.7. The Morgan fingerprint density at radius 2 is 1.94 bits per heavy atom. The molecule has 8 nitrogen and oxygen atoms in total. The van der Waals surface area contributed by atoms with Gasteiger partial charge in [0.2, 0.25) is 0 Å². The summed E-state index contributed by atoms with van der Waals surface area (Å²) < 4.78 is 21.6. The molecule has 1 N–H and O–H groups in total. The highest BCUT2D eigenvalue weighted by molar-refractivity contribution is 9.10. The van der Waals surface area contributed by atoms with Crippen molar-refractivity contribution in [1.29, 1.82) is 0 Å². The van der Waals surface area contributed by atoms with E-state index in [4.69, 9.17) is 18.6 Å². The monoisotopic (exact) mass is 489 g/mol. The summed E-state index contributed by atoms with van der Waals surface area (Å²) in [6.45, 7) is 0.587. The molecule has 162 valence electrons. The van der Waals surface area contributed by atoms with Crippen molar-refractivity contribution >= 4 is 38.8 Å². The summed E-state index contributed by atoms with van der Waals surface area (Å²) in [4.78, 5) is 36.4. The molecular weight excluding hydrogens is 470 g/mol. The maximum atomic E-state index is 12.2. The zero-order valence-corrected chi connectivity index (χ0v) is 18.3. The topological polar surface area (TPSA) is 104 Å². The normalized spacial score (nSPS) is 10.6. The minimum Gasteiger partial charge on any atom is -0.482 e. The lowest BCUT2D eigenvalue weighted by Gasteiger charge is -2.08. The van der Waals surface area contributed by atoms with Gasteiger partial charge < -0.3 is 23.9 Å². The van der Waals surface area contributed by atoms with Crippen LogP contribution in [0.3, 0.4) is 0 Å². The number of amides is 1. The van der Waals surface area contributed by atoms with Crippen LogP contribution in [0.1, 0.15) is 16.8 Å². The third-order valence-corrected chi connectivity index (χ3v) is 4.64. The lowest BCUT2D eigenvalue weighted by Crippen LogP contribution is -2.29. The number of ether oxygens (including phenoxy) is 3. The number of carbonyl (C=O) groups excluding carboxylic acids is 2. The summed E-state index contributed by atoms with van der Waals surface area (Å²) in [6.07, 6.45) is 0.626. The Bertz CT molecular complexity index is 1140. The van der Waals surface area contributed by atoms with Crippen molar-refractivity contribution in [2.24, 2.45) is 0 Å². The van der Waals surface area contributed by atoms with Crippen molar-refractivity contribution in [3.63, 3.8) is 0 Å². The zero-order valence-electron chi connectivity index (χ0n) is 16.7. The van der Waals surface area contributed by atoms with Crippen molar-refractivity contribution in [3.05, 3.63) is 69.0 Å². The molecule has 3 rings (SSSR count). The van der Waals surface area contributed by atoms with Crippen LogP contribution >= 0.6 is 15.9 Å². The number of benzene rings is 2. The van der Waals surface area contributed by atoms with Gasteiger partial charge in [-0.1, -0.05) is 22.0 Å². The van der Waals surface area contributed by atoms with Crippen molar-refractivity contribution < 1.29 is 28.2 Å². The van der Waals surface area contributed by atoms with Crippen LogP contribution in [0.25, 0.3) is 11.0 Å². The van der Waals surface area contributed by atoms with Crippen molar-refractivity contribution in [2.45, 2.75) is 6.42 Å².